The molecular weight excluding hydrogens is 476 g/mol. The standard InChI is InChI=1S/C27H40N4O4S/c1-27(2,3)26-29-23-16-22(8-9-24(23)31(26)18-19-10-13-35-14-11-19)36(33,34)30-12-4-5-20(17-30)15-25(32)28-21-6-7-21/h8-9,16,19-21H,4-7,10-15,17-18H2,1-3H3,(H,28,32)/t20-/m1/s1. The molecule has 3 aliphatic rings. The van der Waals surface area contributed by atoms with Gasteiger partial charge in [-0.15, -0.1) is 0 Å². The van der Waals surface area contributed by atoms with Gasteiger partial charge in [-0.1, -0.05) is 20.8 Å². The highest BCUT2D eigenvalue weighted by Gasteiger charge is 2.33. The van der Waals surface area contributed by atoms with Crippen molar-refractivity contribution in [3.63, 3.8) is 0 Å². The molecule has 2 aliphatic heterocycles. The van der Waals surface area contributed by atoms with Gasteiger partial charge in [0.1, 0.15) is 5.82 Å². The van der Waals surface area contributed by atoms with Crippen molar-refractivity contribution in [1.82, 2.24) is 19.2 Å². The Morgan fingerprint density at radius 3 is 2.56 bits per heavy atom. The summed E-state index contributed by atoms with van der Waals surface area (Å²) in [7, 11) is -3.66. The van der Waals surface area contributed by atoms with Gasteiger partial charge in [0.25, 0.3) is 0 Å². The van der Waals surface area contributed by atoms with Crippen LogP contribution in [0.1, 0.15) is 71.5 Å². The predicted octanol–water partition coefficient (Wildman–Crippen LogP) is 3.83. The molecule has 1 N–H and O–H groups in total. The van der Waals surface area contributed by atoms with Crippen LogP contribution >= 0.6 is 0 Å². The molecule has 3 fully saturated rings. The van der Waals surface area contributed by atoms with Crippen molar-refractivity contribution in [2.45, 2.75) is 88.6 Å². The topological polar surface area (TPSA) is 93.5 Å². The zero-order valence-corrected chi connectivity index (χ0v) is 22.6. The Morgan fingerprint density at radius 2 is 1.86 bits per heavy atom. The lowest BCUT2D eigenvalue weighted by atomic mass is 9.94. The molecule has 0 spiro atoms. The molecule has 0 unspecified atom stereocenters. The molecule has 198 valence electrons. The summed E-state index contributed by atoms with van der Waals surface area (Å²) in [5.74, 6) is 1.62. The van der Waals surface area contributed by atoms with Gasteiger partial charge in [0.05, 0.1) is 15.9 Å². The molecule has 2 aromatic rings. The number of sulfonamides is 1. The first-order valence-corrected chi connectivity index (χ1v) is 14.9. The van der Waals surface area contributed by atoms with Crippen molar-refractivity contribution in [2.24, 2.45) is 11.8 Å². The molecule has 1 aromatic carbocycles. The average Bonchev–Trinajstić information content (AvgIpc) is 3.57. The second-order valence-electron chi connectivity index (χ2n) is 11.9. The fraction of sp³-hybridized carbons (Fsp3) is 0.704. The number of carbonyl (C=O) groups is 1. The number of ether oxygens (including phenoxy) is 1. The lowest BCUT2D eigenvalue weighted by Gasteiger charge is -2.31. The highest BCUT2D eigenvalue weighted by atomic mass is 32.2. The van der Waals surface area contributed by atoms with Gasteiger partial charge < -0.3 is 14.6 Å². The number of aromatic nitrogens is 2. The number of rotatable bonds is 7. The van der Waals surface area contributed by atoms with Crippen LogP contribution in [0.15, 0.2) is 23.1 Å². The predicted molar refractivity (Wildman–Crippen MR) is 139 cm³/mol. The average molecular weight is 517 g/mol. The zero-order valence-electron chi connectivity index (χ0n) is 21.8. The molecule has 1 aliphatic carbocycles. The lowest BCUT2D eigenvalue weighted by molar-refractivity contribution is -0.122. The number of hydrogen-bond acceptors (Lipinski definition) is 5. The highest BCUT2D eigenvalue weighted by Crippen LogP contribution is 2.32. The van der Waals surface area contributed by atoms with E-state index in [0.717, 1.165) is 75.1 Å². The molecule has 2 saturated heterocycles. The van der Waals surface area contributed by atoms with Crippen LogP contribution < -0.4 is 5.32 Å². The maximum Gasteiger partial charge on any atom is 0.243 e. The van der Waals surface area contributed by atoms with Crippen LogP contribution in [0.3, 0.4) is 0 Å². The second-order valence-corrected chi connectivity index (χ2v) is 13.9. The summed E-state index contributed by atoms with van der Waals surface area (Å²) in [6.07, 6.45) is 6.23. The molecule has 8 nitrogen and oxygen atoms in total. The maximum absolute atomic E-state index is 13.6. The lowest BCUT2D eigenvalue weighted by Crippen LogP contribution is -2.41. The summed E-state index contributed by atoms with van der Waals surface area (Å²) in [5, 5.41) is 3.03. The van der Waals surface area contributed by atoms with Crippen LogP contribution in [0.25, 0.3) is 11.0 Å². The Bertz CT molecular complexity index is 1210. The van der Waals surface area contributed by atoms with E-state index in [9.17, 15) is 13.2 Å². The van der Waals surface area contributed by atoms with E-state index in [-0.39, 0.29) is 22.1 Å². The van der Waals surface area contributed by atoms with Crippen molar-refractivity contribution in [3.8, 4) is 0 Å². The smallest absolute Gasteiger partial charge is 0.243 e. The molecule has 3 heterocycles. The second kappa shape index (κ2) is 10.1. The molecule has 36 heavy (non-hydrogen) atoms. The summed E-state index contributed by atoms with van der Waals surface area (Å²) >= 11 is 0. The van der Waals surface area contributed by atoms with E-state index >= 15 is 0 Å². The first-order chi connectivity index (χ1) is 17.1. The van der Waals surface area contributed by atoms with Gasteiger partial charge in [-0.3, -0.25) is 4.79 Å². The van der Waals surface area contributed by atoms with Crippen LogP contribution in [-0.4, -0.2) is 60.5 Å². The molecule has 1 atom stereocenters. The third kappa shape index (κ3) is 5.63. The molecule has 0 radical (unpaired) electrons. The molecule has 0 bridgehead atoms. The SMILES string of the molecule is CC(C)(C)c1nc2cc(S(=O)(=O)N3CCC[C@H](CC(=O)NC4CC4)C3)ccc2n1CC1CCOCC1. The van der Waals surface area contributed by atoms with E-state index in [1.807, 2.05) is 6.07 Å². The number of benzene rings is 1. The van der Waals surface area contributed by atoms with E-state index in [2.05, 4.69) is 30.7 Å². The summed E-state index contributed by atoms with van der Waals surface area (Å²) < 4.78 is 36.7. The van der Waals surface area contributed by atoms with Gasteiger partial charge >= 0.3 is 0 Å². The van der Waals surface area contributed by atoms with E-state index in [1.54, 1.807) is 16.4 Å². The first-order valence-electron chi connectivity index (χ1n) is 13.5. The van der Waals surface area contributed by atoms with Crippen LogP contribution in [0, 0.1) is 11.8 Å². The number of carbonyl (C=O) groups excluding carboxylic acids is 1. The molecule has 1 amide bonds. The van der Waals surface area contributed by atoms with Gasteiger partial charge in [-0.25, -0.2) is 13.4 Å². The summed E-state index contributed by atoms with van der Waals surface area (Å²) in [5.41, 5.74) is 1.55. The Hall–Kier alpha value is -1.97. The number of piperidine rings is 1. The number of nitrogens with zero attached hydrogens (tertiary/aromatic N) is 3. The number of fused-ring (bicyclic) bond motifs is 1. The quantitative estimate of drug-likeness (QED) is 0.604. The van der Waals surface area contributed by atoms with E-state index < -0.39 is 10.0 Å². The van der Waals surface area contributed by atoms with Crippen molar-refractivity contribution >= 4 is 27.0 Å². The first kappa shape index (κ1) is 25.7. The molecular formula is C27H40N4O4S. The number of nitrogens with one attached hydrogen (secondary N) is 1. The Balaban J connectivity index is 1.38. The minimum atomic E-state index is -3.66. The van der Waals surface area contributed by atoms with Gasteiger partial charge in [-0.2, -0.15) is 4.31 Å². The minimum Gasteiger partial charge on any atom is -0.381 e. The number of hydrogen-bond donors (Lipinski definition) is 1. The summed E-state index contributed by atoms with van der Waals surface area (Å²) in [6.45, 7) is 9.80. The zero-order chi connectivity index (χ0) is 25.5. The number of imidazole rings is 1. The maximum atomic E-state index is 13.6. The fourth-order valence-corrected chi connectivity index (χ4v) is 7.13. The third-order valence-corrected chi connectivity index (χ3v) is 9.57. The summed E-state index contributed by atoms with van der Waals surface area (Å²) in [6, 6.07) is 5.73. The highest BCUT2D eigenvalue weighted by molar-refractivity contribution is 7.89. The molecule has 5 rings (SSSR count). The van der Waals surface area contributed by atoms with E-state index in [4.69, 9.17) is 9.72 Å². The fourth-order valence-electron chi connectivity index (χ4n) is 5.55. The number of amides is 1. The van der Waals surface area contributed by atoms with Crippen LogP contribution in [-0.2, 0) is 31.5 Å². The molecule has 1 aromatic heterocycles. The Labute approximate surface area is 214 Å². The third-order valence-electron chi connectivity index (χ3n) is 7.71. The van der Waals surface area contributed by atoms with Gasteiger partial charge in [0.15, 0.2) is 0 Å². The van der Waals surface area contributed by atoms with Crippen molar-refractivity contribution in [1.29, 1.82) is 0 Å². The van der Waals surface area contributed by atoms with Gasteiger partial charge in [-0.05, 0) is 68.6 Å². The molecule has 1 saturated carbocycles. The van der Waals surface area contributed by atoms with Crippen LogP contribution in [0.5, 0.6) is 0 Å². The summed E-state index contributed by atoms with van der Waals surface area (Å²) in [4.78, 5) is 17.5. The largest absolute Gasteiger partial charge is 0.381 e. The van der Waals surface area contributed by atoms with Crippen molar-refractivity contribution in [2.75, 3.05) is 26.3 Å². The molecule has 9 heteroatoms. The van der Waals surface area contributed by atoms with Crippen LogP contribution in [0.2, 0.25) is 0 Å². The van der Waals surface area contributed by atoms with Gasteiger partial charge in [0.2, 0.25) is 15.9 Å². The van der Waals surface area contributed by atoms with E-state index in [0.29, 0.717) is 31.5 Å². The normalized spacial score (nSPS) is 22.7. The monoisotopic (exact) mass is 516 g/mol. The Morgan fingerprint density at radius 1 is 1.11 bits per heavy atom. The van der Waals surface area contributed by atoms with Crippen LogP contribution in [0.4, 0.5) is 0 Å². The van der Waals surface area contributed by atoms with Gasteiger partial charge in [0, 0.05) is 50.7 Å². The van der Waals surface area contributed by atoms with Crippen molar-refractivity contribution in [3.05, 3.63) is 24.0 Å². The minimum absolute atomic E-state index is 0.0490. The van der Waals surface area contributed by atoms with E-state index in [1.165, 1.54) is 0 Å². The van der Waals surface area contributed by atoms with Crippen molar-refractivity contribution < 1.29 is 17.9 Å². The Kier molecular flexibility index (Phi) is 7.18.